The first-order valence-electron chi connectivity index (χ1n) is 7.40. The van der Waals surface area contributed by atoms with E-state index in [4.69, 9.17) is 16.7 Å². The third kappa shape index (κ3) is 5.15. The Morgan fingerprint density at radius 2 is 1.84 bits per heavy atom. The maximum atomic E-state index is 12.9. The summed E-state index contributed by atoms with van der Waals surface area (Å²) >= 11 is 6.05. The van der Waals surface area contributed by atoms with Crippen molar-refractivity contribution in [2.75, 3.05) is 13.6 Å². The Kier molecular flexibility index (Phi) is 7.00. The van der Waals surface area contributed by atoms with E-state index in [1.165, 1.54) is 19.2 Å². The zero-order chi connectivity index (χ0) is 19.6. The molecule has 0 aromatic heterocycles. The number of nitrogens with two attached hydrogens (primary N) is 1. The first kappa shape index (κ1) is 21.9. The summed E-state index contributed by atoms with van der Waals surface area (Å²) in [6, 6.07) is 2.37. The summed E-state index contributed by atoms with van der Waals surface area (Å²) in [5, 5.41) is 5.05. The van der Waals surface area contributed by atoms with Gasteiger partial charge in [-0.1, -0.05) is 36.2 Å². The van der Waals surface area contributed by atoms with Gasteiger partial charge in [-0.2, -0.15) is 4.31 Å². The molecule has 0 amide bonds. The smallest absolute Gasteiger partial charge is 0.225 e. The molecular formula is C16H23ClN2O4S2. The fraction of sp³-hybridized carbons (Fsp3) is 0.375. The van der Waals surface area contributed by atoms with E-state index < -0.39 is 24.9 Å². The van der Waals surface area contributed by atoms with Crippen LogP contribution in [0.1, 0.15) is 32.3 Å². The molecule has 1 aromatic carbocycles. The molecule has 1 atom stereocenters. The SMILES string of the molecule is C=CCN(C)S(=O)(=O)c1cc(S(N)(=O)=O)c(Cl)cc1C(C)C=C(C)C. The molecule has 0 heterocycles. The Morgan fingerprint density at radius 1 is 1.28 bits per heavy atom. The van der Waals surface area contributed by atoms with Gasteiger partial charge in [-0.05, 0) is 31.5 Å². The second-order valence-electron chi connectivity index (χ2n) is 5.97. The Morgan fingerprint density at radius 3 is 2.28 bits per heavy atom. The lowest BCUT2D eigenvalue weighted by Gasteiger charge is -2.21. The van der Waals surface area contributed by atoms with Crippen molar-refractivity contribution >= 4 is 31.6 Å². The number of nitrogens with zero attached hydrogens (tertiary/aromatic N) is 1. The van der Waals surface area contributed by atoms with Gasteiger partial charge in [0, 0.05) is 19.5 Å². The monoisotopic (exact) mass is 406 g/mol. The maximum absolute atomic E-state index is 12.9. The van der Waals surface area contributed by atoms with Crippen molar-refractivity contribution in [3.05, 3.63) is 47.0 Å². The van der Waals surface area contributed by atoms with Crippen molar-refractivity contribution in [1.29, 1.82) is 0 Å². The molecule has 0 bridgehead atoms. The molecule has 0 radical (unpaired) electrons. The third-order valence-corrected chi connectivity index (χ3v) is 6.77. The van der Waals surface area contributed by atoms with Crippen molar-refractivity contribution in [2.24, 2.45) is 5.14 Å². The number of halogens is 1. The van der Waals surface area contributed by atoms with Gasteiger partial charge in [0.1, 0.15) is 4.90 Å². The molecule has 2 N–H and O–H groups in total. The van der Waals surface area contributed by atoms with Crippen LogP contribution in [0.5, 0.6) is 0 Å². The van der Waals surface area contributed by atoms with E-state index >= 15 is 0 Å². The van der Waals surface area contributed by atoms with E-state index in [1.807, 2.05) is 26.8 Å². The van der Waals surface area contributed by atoms with Crippen LogP contribution in [0.3, 0.4) is 0 Å². The number of rotatable bonds is 7. The Labute approximate surface area is 155 Å². The van der Waals surface area contributed by atoms with Crippen LogP contribution in [0.2, 0.25) is 5.02 Å². The van der Waals surface area contributed by atoms with Gasteiger partial charge in [0.05, 0.1) is 9.92 Å². The molecule has 0 saturated heterocycles. The highest BCUT2D eigenvalue weighted by atomic mass is 35.5. The minimum absolute atomic E-state index is 0.0755. The summed E-state index contributed by atoms with van der Waals surface area (Å²) < 4.78 is 50.4. The van der Waals surface area contributed by atoms with Crippen molar-refractivity contribution in [3.63, 3.8) is 0 Å². The average molecular weight is 407 g/mol. The minimum atomic E-state index is -4.17. The summed E-state index contributed by atoms with van der Waals surface area (Å²) in [6.45, 7) is 9.17. The standard InChI is InChI=1S/C16H23ClN2O4S2/c1-6-7-19(5)25(22,23)15-10-16(24(18,20)21)14(17)9-13(15)12(4)8-11(2)3/h6,8-10,12H,1,7H2,2-5H3,(H2,18,20,21). The zero-order valence-corrected chi connectivity index (χ0v) is 17.0. The highest BCUT2D eigenvalue weighted by molar-refractivity contribution is 7.90. The Bertz CT molecular complexity index is 902. The van der Waals surface area contributed by atoms with Crippen LogP contribution in [-0.2, 0) is 20.0 Å². The molecule has 0 aliphatic rings. The quantitative estimate of drug-likeness (QED) is 0.704. The van der Waals surface area contributed by atoms with Gasteiger partial charge in [0.15, 0.2) is 0 Å². The number of likely N-dealkylation sites (N-methyl/N-ethyl adjacent to an activating group) is 1. The maximum Gasteiger partial charge on any atom is 0.243 e. The lowest BCUT2D eigenvalue weighted by molar-refractivity contribution is 0.498. The summed E-state index contributed by atoms with van der Waals surface area (Å²) in [7, 11) is -6.74. The molecule has 0 aliphatic carbocycles. The van der Waals surface area contributed by atoms with Gasteiger partial charge in [-0.3, -0.25) is 0 Å². The molecular weight excluding hydrogens is 384 g/mol. The normalized spacial score (nSPS) is 13.6. The topological polar surface area (TPSA) is 97.5 Å². The minimum Gasteiger partial charge on any atom is -0.225 e. The molecule has 1 rings (SSSR count). The van der Waals surface area contributed by atoms with Gasteiger partial charge in [-0.25, -0.2) is 22.0 Å². The molecule has 140 valence electrons. The van der Waals surface area contributed by atoms with Gasteiger partial charge in [0.2, 0.25) is 20.0 Å². The summed E-state index contributed by atoms with van der Waals surface area (Å²) in [6.07, 6.45) is 3.31. The van der Waals surface area contributed by atoms with Crippen LogP contribution in [0.4, 0.5) is 0 Å². The second kappa shape index (κ2) is 8.01. The molecule has 0 fully saturated rings. The van der Waals surface area contributed by atoms with Crippen LogP contribution in [0.25, 0.3) is 0 Å². The zero-order valence-electron chi connectivity index (χ0n) is 14.7. The molecule has 0 saturated carbocycles. The van der Waals surface area contributed by atoms with E-state index in [0.717, 1.165) is 15.9 Å². The number of sulfonamides is 2. The molecule has 6 nitrogen and oxygen atoms in total. The highest BCUT2D eigenvalue weighted by Gasteiger charge is 2.28. The fourth-order valence-electron chi connectivity index (χ4n) is 2.38. The van der Waals surface area contributed by atoms with E-state index in [1.54, 1.807) is 0 Å². The van der Waals surface area contributed by atoms with Gasteiger partial charge in [-0.15, -0.1) is 6.58 Å². The van der Waals surface area contributed by atoms with Gasteiger partial charge < -0.3 is 0 Å². The number of allylic oxidation sites excluding steroid dienone is 2. The molecule has 0 aliphatic heterocycles. The molecule has 1 unspecified atom stereocenters. The van der Waals surface area contributed by atoms with Crippen LogP contribution in [0, 0.1) is 0 Å². The third-order valence-electron chi connectivity index (χ3n) is 3.52. The molecule has 25 heavy (non-hydrogen) atoms. The lowest BCUT2D eigenvalue weighted by atomic mass is 9.99. The van der Waals surface area contributed by atoms with Gasteiger partial charge in [0.25, 0.3) is 0 Å². The van der Waals surface area contributed by atoms with Crippen molar-refractivity contribution < 1.29 is 16.8 Å². The summed E-state index contributed by atoms with van der Waals surface area (Å²) in [4.78, 5) is -0.567. The first-order valence-corrected chi connectivity index (χ1v) is 10.8. The lowest BCUT2D eigenvalue weighted by Crippen LogP contribution is -2.28. The average Bonchev–Trinajstić information content (AvgIpc) is 2.44. The van der Waals surface area contributed by atoms with Crippen molar-refractivity contribution in [3.8, 4) is 0 Å². The van der Waals surface area contributed by atoms with Crippen LogP contribution in [0.15, 0.2) is 46.2 Å². The van der Waals surface area contributed by atoms with E-state index in [0.29, 0.717) is 5.56 Å². The number of hydrogen-bond donors (Lipinski definition) is 1. The number of primary sulfonamides is 1. The Hall–Kier alpha value is -1.19. The predicted molar refractivity (Wildman–Crippen MR) is 101 cm³/mol. The van der Waals surface area contributed by atoms with E-state index in [2.05, 4.69) is 6.58 Å². The Balaban J connectivity index is 3.82. The first-order chi connectivity index (χ1) is 11.3. The predicted octanol–water partition coefficient (Wildman–Crippen LogP) is 2.86. The van der Waals surface area contributed by atoms with Crippen molar-refractivity contribution in [2.45, 2.75) is 36.5 Å². The highest BCUT2D eigenvalue weighted by Crippen LogP contribution is 2.34. The van der Waals surface area contributed by atoms with Crippen LogP contribution < -0.4 is 5.14 Å². The molecule has 9 heteroatoms. The summed E-state index contributed by atoms with van der Waals surface area (Å²) in [5.74, 6) is -0.293. The van der Waals surface area contributed by atoms with Crippen LogP contribution in [-0.4, -0.2) is 34.7 Å². The number of benzene rings is 1. The fourth-order valence-corrected chi connectivity index (χ4v) is 5.01. The largest absolute Gasteiger partial charge is 0.243 e. The number of hydrogen-bond acceptors (Lipinski definition) is 4. The van der Waals surface area contributed by atoms with E-state index in [-0.39, 0.29) is 22.4 Å². The van der Waals surface area contributed by atoms with Crippen LogP contribution >= 0.6 is 11.6 Å². The second-order valence-corrected chi connectivity index (χ2v) is 9.92. The summed E-state index contributed by atoms with van der Waals surface area (Å²) in [5.41, 5.74) is 1.39. The van der Waals surface area contributed by atoms with E-state index in [9.17, 15) is 16.8 Å². The molecule has 1 aromatic rings. The molecule has 0 spiro atoms. The van der Waals surface area contributed by atoms with Crippen molar-refractivity contribution in [1.82, 2.24) is 4.31 Å². The van der Waals surface area contributed by atoms with Gasteiger partial charge >= 0.3 is 0 Å².